The van der Waals surface area contributed by atoms with E-state index in [1.54, 1.807) is 0 Å². The molecule has 1 unspecified atom stereocenters. The van der Waals surface area contributed by atoms with Gasteiger partial charge in [-0.15, -0.1) is 0 Å². The molecule has 4 heteroatoms. The third-order valence-electron chi connectivity index (χ3n) is 2.83. The fourth-order valence-electron chi connectivity index (χ4n) is 1.83. The van der Waals surface area contributed by atoms with Crippen LogP contribution < -0.4 is 15.2 Å². The molecule has 0 aliphatic carbocycles. The summed E-state index contributed by atoms with van der Waals surface area (Å²) in [7, 11) is 0. The first-order chi connectivity index (χ1) is 9.66. The summed E-state index contributed by atoms with van der Waals surface area (Å²) in [5.74, 6) is 1.65. The van der Waals surface area contributed by atoms with Crippen LogP contribution in [0.4, 0.5) is 0 Å². The normalized spacial score (nSPS) is 11.9. The van der Waals surface area contributed by atoms with E-state index in [0.29, 0.717) is 13.2 Å². The summed E-state index contributed by atoms with van der Waals surface area (Å²) in [6.45, 7) is 2.93. The number of para-hydroxylation sites is 1. The molecule has 2 rings (SSSR count). The van der Waals surface area contributed by atoms with E-state index in [4.69, 9.17) is 15.2 Å². The average Bonchev–Trinajstić information content (AvgIpc) is 2.46. The van der Waals surface area contributed by atoms with Gasteiger partial charge in [-0.25, -0.2) is 0 Å². The maximum absolute atomic E-state index is 5.91. The van der Waals surface area contributed by atoms with Crippen LogP contribution in [0.2, 0.25) is 0 Å². The minimum Gasteiger partial charge on any atom is -0.490 e. The highest BCUT2D eigenvalue weighted by molar-refractivity contribution is 9.10. The molecule has 0 fully saturated rings. The number of ether oxygens (including phenoxy) is 2. The molecule has 0 aliphatic rings. The number of benzene rings is 2. The summed E-state index contributed by atoms with van der Waals surface area (Å²) in [4.78, 5) is 0. The first kappa shape index (κ1) is 14.9. The molecule has 0 aliphatic heterocycles. The Kier molecular flexibility index (Phi) is 5.44. The van der Waals surface area contributed by atoms with Crippen LogP contribution >= 0.6 is 15.9 Å². The molecule has 0 amide bonds. The maximum atomic E-state index is 5.91. The Bertz CT molecular complexity index is 540. The van der Waals surface area contributed by atoms with Gasteiger partial charge in [0.15, 0.2) is 0 Å². The van der Waals surface area contributed by atoms with Gasteiger partial charge in [0.05, 0.1) is 0 Å². The van der Waals surface area contributed by atoms with E-state index in [-0.39, 0.29) is 6.04 Å². The van der Waals surface area contributed by atoms with Gasteiger partial charge >= 0.3 is 0 Å². The molecule has 2 aromatic rings. The minimum absolute atomic E-state index is 0.0430. The number of halogens is 1. The average molecular weight is 336 g/mol. The van der Waals surface area contributed by atoms with E-state index in [9.17, 15) is 0 Å². The van der Waals surface area contributed by atoms with Gasteiger partial charge in [0.1, 0.15) is 24.7 Å². The Balaban J connectivity index is 1.83. The number of rotatable bonds is 6. The number of hydrogen-bond donors (Lipinski definition) is 1. The molecule has 20 heavy (non-hydrogen) atoms. The molecular formula is C16H18BrNO2. The van der Waals surface area contributed by atoms with E-state index in [1.165, 1.54) is 0 Å². The Morgan fingerprint density at radius 1 is 1.00 bits per heavy atom. The van der Waals surface area contributed by atoms with Gasteiger partial charge in [0, 0.05) is 16.1 Å². The molecule has 0 saturated heterocycles. The maximum Gasteiger partial charge on any atom is 0.124 e. The van der Waals surface area contributed by atoms with Crippen molar-refractivity contribution in [2.75, 3.05) is 13.2 Å². The molecule has 2 aromatic carbocycles. The Hall–Kier alpha value is -1.52. The Labute approximate surface area is 127 Å². The van der Waals surface area contributed by atoms with Crippen LogP contribution in [-0.2, 0) is 0 Å². The predicted octanol–water partition coefficient (Wildman–Crippen LogP) is 3.93. The van der Waals surface area contributed by atoms with Crippen molar-refractivity contribution in [3.8, 4) is 11.5 Å². The third-order valence-corrected chi connectivity index (χ3v) is 3.36. The highest BCUT2D eigenvalue weighted by Crippen LogP contribution is 2.23. The van der Waals surface area contributed by atoms with Gasteiger partial charge in [-0.3, -0.25) is 0 Å². The zero-order valence-electron chi connectivity index (χ0n) is 11.4. The van der Waals surface area contributed by atoms with Crippen LogP contribution in [0.5, 0.6) is 11.5 Å². The zero-order chi connectivity index (χ0) is 14.4. The first-order valence-corrected chi connectivity index (χ1v) is 7.32. The quantitative estimate of drug-likeness (QED) is 0.813. The smallest absolute Gasteiger partial charge is 0.124 e. The van der Waals surface area contributed by atoms with Gasteiger partial charge in [0.25, 0.3) is 0 Å². The lowest BCUT2D eigenvalue weighted by atomic mass is 10.1. The van der Waals surface area contributed by atoms with Gasteiger partial charge in [-0.2, -0.15) is 0 Å². The monoisotopic (exact) mass is 335 g/mol. The van der Waals surface area contributed by atoms with E-state index in [2.05, 4.69) is 15.9 Å². The number of hydrogen-bond acceptors (Lipinski definition) is 3. The van der Waals surface area contributed by atoms with Crippen molar-refractivity contribution in [2.45, 2.75) is 13.0 Å². The SMILES string of the molecule is CC(N)c1ccccc1OCCOc1ccc(Br)cc1. The molecule has 2 N–H and O–H groups in total. The van der Waals surface area contributed by atoms with E-state index in [1.807, 2.05) is 55.5 Å². The van der Waals surface area contributed by atoms with Crippen molar-refractivity contribution in [3.05, 3.63) is 58.6 Å². The molecule has 0 radical (unpaired) electrons. The Morgan fingerprint density at radius 2 is 1.65 bits per heavy atom. The van der Waals surface area contributed by atoms with Crippen molar-refractivity contribution in [1.82, 2.24) is 0 Å². The summed E-state index contributed by atoms with van der Waals surface area (Å²) in [5.41, 5.74) is 6.92. The molecule has 106 valence electrons. The molecular weight excluding hydrogens is 318 g/mol. The van der Waals surface area contributed by atoms with E-state index in [0.717, 1.165) is 21.5 Å². The second-order valence-corrected chi connectivity index (χ2v) is 5.39. The summed E-state index contributed by atoms with van der Waals surface area (Å²) >= 11 is 3.39. The van der Waals surface area contributed by atoms with Crippen LogP contribution in [0.1, 0.15) is 18.5 Å². The standard InChI is InChI=1S/C16H18BrNO2/c1-12(18)15-4-2-3-5-16(15)20-11-10-19-14-8-6-13(17)7-9-14/h2-9,12H,10-11,18H2,1H3. The van der Waals surface area contributed by atoms with Crippen molar-refractivity contribution >= 4 is 15.9 Å². The van der Waals surface area contributed by atoms with Crippen molar-refractivity contribution < 1.29 is 9.47 Å². The van der Waals surface area contributed by atoms with Gasteiger partial charge in [0.2, 0.25) is 0 Å². The van der Waals surface area contributed by atoms with Gasteiger partial charge < -0.3 is 15.2 Å². The third kappa shape index (κ3) is 4.25. The van der Waals surface area contributed by atoms with Crippen LogP contribution in [0.15, 0.2) is 53.0 Å². The fraction of sp³-hybridized carbons (Fsp3) is 0.250. The van der Waals surface area contributed by atoms with Gasteiger partial charge in [-0.05, 0) is 37.3 Å². The van der Waals surface area contributed by atoms with E-state index < -0.39 is 0 Å². The molecule has 0 heterocycles. The topological polar surface area (TPSA) is 44.5 Å². The summed E-state index contributed by atoms with van der Waals surface area (Å²) in [6, 6.07) is 15.5. The number of nitrogens with two attached hydrogens (primary N) is 1. The molecule has 0 saturated carbocycles. The lowest BCUT2D eigenvalue weighted by Crippen LogP contribution is -2.12. The lowest BCUT2D eigenvalue weighted by Gasteiger charge is -2.14. The highest BCUT2D eigenvalue weighted by atomic mass is 79.9. The second kappa shape index (κ2) is 7.31. The minimum atomic E-state index is -0.0430. The summed E-state index contributed by atoms with van der Waals surface area (Å²) < 4.78 is 12.4. The highest BCUT2D eigenvalue weighted by Gasteiger charge is 2.06. The van der Waals surface area contributed by atoms with Crippen LogP contribution in [0.3, 0.4) is 0 Å². The Morgan fingerprint density at radius 3 is 2.35 bits per heavy atom. The van der Waals surface area contributed by atoms with Crippen molar-refractivity contribution in [3.63, 3.8) is 0 Å². The molecule has 0 aromatic heterocycles. The first-order valence-electron chi connectivity index (χ1n) is 6.52. The van der Waals surface area contributed by atoms with Gasteiger partial charge in [-0.1, -0.05) is 34.1 Å². The predicted molar refractivity (Wildman–Crippen MR) is 84.2 cm³/mol. The lowest BCUT2D eigenvalue weighted by molar-refractivity contribution is 0.215. The second-order valence-electron chi connectivity index (χ2n) is 4.48. The molecule has 1 atom stereocenters. The van der Waals surface area contributed by atoms with Crippen LogP contribution in [-0.4, -0.2) is 13.2 Å². The zero-order valence-corrected chi connectivity index (χ0v) is 13.0. The van der Waals surface area contributed by atoms with Crippen molar-refractivity contribution in [1.29, 1.82) is 0 Å². The van der Waals surface area contributed by atoms with Crippen molar-refractivity contribution in [2.24, 2.45) is 5.73 Å². The van der Waals surface area contributed by atoms with E-state index >= 15 is 0 Å². The molecule has 0 bridgehead atoms. The molecule has 0 spiro atoms. The van der Waals surface area contributed by atoms with Crippen LogP contribution in [0, 0.1) is 0 Å². The van der Waals surface area contributed by atoms with Crippen LogP contribution in [0.25, 0.3) is 0 Å². The molecule has 3 nitrogen and oxygen atoms in total. The summed E-state index contributed by atoms with van der Waals surface area (Å²) in [6.07, 6.45) is 0. The largest absolute Gasteiger partial charge is 0.490 e. The fourth-order valence-corrected chi connectivity index (χ4v) is 2.09. The summed E-state index contributed by atoms with van der Waals surface area (Å²) in [5, 5.41) is 0.